The van der Waals surface area contributed by atoms with E-state index in [1.54, 1.807) is 7.11 Å². The summed E-state index contributed by atoms with van der Waals surface area (Å²) in [6.45, 7) is 0.719. The smallest absolute Gasteiger partial charge is 0.188 e. The third-order valence-corrected chi connectivity index (χ3v) is 4.32. The summed E-state index contributed by atoms with van der Waals surface area (Å²) in [6, 6.07) is 13.9. The zero-order valence-corrected chi connectivity index (χ0v) is 14.8. The number of hydrogen-bond donors (Lipinski definition) is 0. The molecule has 0 saturated heterocycles. The molecule has 0 radical (unpaired) electrons. The third kappa shape index (κ3) is 4.73. The van der Waals surface area contributed by atoms with E-state index in [4.69, 9.17) is 14.2 Å². The average Bonchev–Trinajstić information content (AvgIpc) is 2.53. The van der Waals surface area contributed by atoms with Crippen molar-refractivity contribution in [3.05, 3.63) is 58.1 Å². The molecule has 0 N–H and O–H groups in total. The quantitative estimate of drug-likeness (QED) is 0.475. The number of halogens is 2. The molecule has 0 spiro atoms. The summed E-state index contributed by atoms with van der Waals surface area (Å²) >= 11 is 7.00. The summed E-state index contributed by atoms with van der Waals surface area (Å²) in [5, 5.41) is 0.708. The fraction of sp³-hybridized carbons (Fsp3) is 0.250. The first kappa shape index (κ1) is 16.3. The fourth-order valence-electron chi connectivity index (χ4n) is 1.78. The third-order valence-electron chi connectivity index (χ3n) is 2.81. The van der Waals surface area contributed by atoms with Crippen molar-refractivity contribution in [2.75, 3.05) is 13.9 Å². The van der Waals surface area contributed by atoms with E-state index in [1.807, 2.05) is 42.5 Å². The molecule has 3 nitrogen and oxygen atoms in total. The van der Waals surface area contributed by atoms with Crippen molar-refractivity contribution in [3.63, 3.8) is 0 Å². The lowest BCUT2D eigenvalue weighted by atomic mass is 10.2. The minimum Gasteiger partial charge on any atom is -0.489 e. The Balaban J connectivity index is 2.14. The van der Waals surface area contributed by atoms with E-state index >= 15 is 0 Å². The molecule has 112 valence electrons. The molecule has 0 saturated carbocycles. The number of alkyl halides is 1. The standard InChI is InChI=1S/C16H16Br2O3/c1-19-11-21-15-8-14(7-13(9-17)16(15)18)20-10-12-5-3-2-4-6-12/h2-8H,9-11H2,1H3. The van der Waals surface area contributed by atoms with Crippen LogP contribution in [0.4, 0.5) is 0 Å². The van der Waals surface area contributed by atoms with Gasteiger partial charge in [0, 0.05) is 18.5 Å². The van der Waals surface area contributed by atoms with E-state index in [1.165, 1.54) is 0 Å². The number of benzene rings is 2. The molecular formula is C16H16Br2O3. The van der Waals surface area contributed by atoms with Crippen LogP contribution in [0.1, 0.15) is 11.1 Å². The monoisotopic (exact) mass is 414 g/mol. The Bertz CT molecular complexity index is 573. The molecule has 0 unspecified atom stereocenters. The van der Waals surface area contributed by atoms with Gasteiger partial charge in [0.15, 0.2) is 6.79 Å². The van der Waals surface area contributed by atoms with Crippen LogP contribution < -0.4 is 9.47 Å². The second-order valence-corrected chi connectivity index (χ2v) is 5.71. The molecule has 0 fully saturated rings. The van der Waals surface area contributed by atoms with Gasteiger partial charge in [-0.1, -0.05) is 46.3 Å². The molecule has 5 heteroatoms. The van der Waals surface area contributed by atoms with Crippen molar-refractivity contribution < 1.29 is 14.2 Å². The maximum absolute atomic E-state index is 5.85. The Kier molecular flexibility index (Phi) is 6.54. The largest absolute Gasteiger partial charge is 0.489 e. The van der Waals surface area contributed by atoms with E-state index in [9.17, 15) is 0 Å². The fourth-order valence-corrected chi connectivity index (χ4v) is 3.08. The Hall–Kier alpha value is -1.04. The van der Waals surface area contributed by atoms with Crippen LogP contribution in [0.15, 0.2) is 46.9 Å². The highest BCUT2D eigenvalue weighted by molar-refractivity contribution is 9.11. The molecule has 2 aromatic carbocycles. The zero-order valence-electron chi connectivity index (χ0n) is 11.6. The van der Waals surface area contributed by atoms with Crippen molar-refractivity contribution in [1.29, 1.82) is 0 Å². The first-order chi connectivity index (χ1) is 10.2. The molecular weight excluding hydrogens is 400 g/mol. The molecule has 0 amide bonds. The number of rotatable bonds is 7. The Morgan fingerprint density at radius 1 is 1.05 bits per heavy atom. The van der Waals surface area contributed by atoms with Crippen LogP contribution in [-0.2, 0) is 16.7 Å². The molecule has 0 aliphatic carbocycles. The van der Waals surface area contributed by atoms with Crippen LogP contribution in [0.25, 0.3) is 0 Å². The summed E-state index contributed by atoms with van der Waals surface area (Å²) in [5.41, 5.74) is 2.19. The highest BCUT2D eigenvalue weighted by atomic mass is 79.9. The minimum atomic E-state index is 0.197. The lowest BCUT2D eigenvalue weighted by Crippen LogP contribution is -2.02. The second kappa shape index (κ2) is 8.41. The molecule has 2 rings (SSSR count). The van der Waals surface area contributed by atoms with Crippen LogP contribution in [0.5, 0.6) is 11.5 Å². The van der Waals surface area contributed by atoms with Crippen molar-refractivity contribution in [2.24, 2.45) is 0 Å². The summed E-state index contributed by atoms with van der Waals surface area (Å²) in [7, 11) is 1.59. The van der Waals surface area contributed by atoms with Crippen molar-refractivity contribution >= 4 is 31.9 Å². The van der Waals surface area contributed by atoms with Gasteiger partial charge in [-0.25, -0.2) is 0 Å². The Labute approximate surface area is 141 Å². The number of ether oxygens (including phenoxy) is 3. The molecule has 0 aliphatic heterocycles. The number of hydrogen-bond acceptors (Lipinski definition) is 3. The van der Waals surface area contributed by atoms with Crippen molar-refractivity contribution in [1.82, 2.24) is 0 Å². The molecule has 0 aliphatic rings. The van der Waals surface area contributed by atoms with E-state index in [2.05, 4.69) is 31.9 Å². The highest BCUT2D eigenvalue weighted by Gasteiger charge is 2.10. The normalized spacial score (nSPS) is 10.4. The van der Waals surface area contributed by atoms with Crippen molar-refractivity contribution in [2.45, 2.75) is 11.9 Å². The van der Waals surface area contributed by atoms with Gasteiger partial charge in [-0.15, -0.1) is 0 Å². The summed E-state index contributed by atoms with van der Waals surface area (Å²) in [4.78, 5) is 0. The van der Waals surface area contributed by atoms with Gasteiger partial charge in [-0.3, -0.25) is 0 Å². The van der Waals surface area contributed by atoms with Crippen LogP contribution in [0.3, 0.4) is 0 Å². The van der Waals surface area contributed by atoms with Crippen LogP contribution in [0, 0.1) is 0 Å². The van der Waals surface area contributed by atoms with E-state index in [-0.39, 0.29) is 6.79 Å². The molecule has 0 heterocycles. The van der Waals surface area contributed by atoms with Gasteiger partial charge in [0.25, 0.3) is 0 Å². The average molecular weight is 416 g/mol. The second-order valence-electron chi connectivity index (χ2n) is 4.35. The molecule has 21 heavy (non-hydrogen) atoms. The number of methoxy groups -OCH3 is 1. The van der Waals surface area contributed by atoms with Crippen LogP contribution in [-0.4, -0.2) is 13.9 Å². The maximum Gasteiger partial charge on any atom is 0.188 e. The predicted molar refractivity (Wildman–Crippen MR) is 90.1 cm³/mol. The van der Waals surface area contributed by atoms with Gasteiger partial charge in [0.05, 0.1) is 4.47 Å². The first-order valence-corrected chi connectivity index (χ1v) is 8.33. The van der Waals surface area contributed by atoms with Gasteiger partial charge >= 0.3 is 0 Å². The van der Waals surface area contributed by atoms with Gasteiger partial charge in [-0.05, 0) is 33.1 Å². The van der Waals surface area contributed by atoms with Crippen LogP contribution in [0.2, 0.25) is 0 Å². The first-order valence-electron chi connectivity index (χ1n) is 6.41. The van der Waals surface area contributed by atoms with Crippen LogP contribution >= 0.6 is 31.9 Å². The summed E-state index contributed by atoms with van der Waals surface area (Å²) in [6.07, 6.45) is 0. The van der Waals surface area contributed by atoms with E-state index in [0.29, 0.717) is 17.7 Å². The lowest BCUT2D eigenvalue weighted by Gasteiger charge is -2.13. The molecule has 2 aromatic rings. The van der Waals surface area contributed by atoms with E-state index in [0.717, 1.165) is 21.3 Å². The van der Waals surface area contributed by atoms with E-state index < -0.39 is 0 Å². The van der Waals surface area contributed by atoms with Gasteiger partial charge in [0.2, 0.25) is 0 Å². The lowest BCUT2D eigenvalue weighted by molar-refractivity contribution is 0.0503. The van der Waals surface area contributed by atoms with Gasteiger partial charge in [-0.2, -0.15) is 0 Å². The Morgan fingerprint density at radius 3 is 2.48 bits per heavy atom. The van der Waals surface area contributed by atoms with Gasteiger partial charge < -0.3 is 14.2 Å². The van der Waals surface area contributed by atoms with Crippen molar-refractivity contribution in [3.8, 4) is 11.5 Å². The van der Waals surface area contributed by atoms with Gasteiger partial charge in [0.1, 0.15) is 18.1 Å². The molecule has 0 bridgehead atoms. The Morgan fingerprint density at radius 2 is 1.81 bits per heavy atom. The minimum absolute atomic E-state index is 0.197. The highest BCUT2D eigenvalue weighted by Crippen LogP contribution is 2.35. The SMILES string of the molecule is COCOc1cc(OCc2ccccc2)cc(CBr)c1Br. The maximum atomic E-state index is 5.85. The molecule has 0 atom stereocenters. The predicted octanol–water partition coefficient (Wildman–Crippen LogP) is 4.91. The zero-order chi connectivity index (χ0) is 15.1. The topological polar surface area (TPSA) is 27.7 Å². The summed E-state index contributed by atoms with van der Waals surface area (Å²) in [5.74, 6) is 1.47. The molecule has 0 aromatic heterocycles. The summed E-state index contributed by atoms with van der Waals surface area (Å²) < 4.78 is 17.3.